The van der Waals surface area contributed by atoms with Crippen LogP contribution in [-0.4, -0.2) is 71.2 Å². The Morgan fingerprint density at radius 1 is 1.10 bits per heavy atom. The summed E-state index contributed by atoms with van der Waals surface area (Å²) in [6.07, 6.45) is -0.442. The first kappa shape index (κ1) is 24.7. The van der Waals surface area contributed by atoms with E-state index < -0.39 is 26.0 Å². The number of carbonyl (C=O) groups excluding carboxylic acids is 1. The Bertz CT molecular complexity index is 952. The maximum atomic E-state index is 12.4. The van der Waals surface area contributed by atoms with Crippen LogP contribution in [0.5, 0.6) is 0 Å². The van der Waals surface area contributed by atoms with Crippen LogP contribution >= 0.6 is 0 Å². The zero-order chi connectivity index (χ0) is 22.5. The fourth-order valence-electron chi connectivity index (χ4n) is 3.37. The predicted molar refractivity (Wildman–Crippen MR) is 114 cm³/mol. The monoisotopic (exact) mass is 461 g/mol. The molecule has 1 aliphatic heterocycles. The van der Waals surface area contributed by atoms with Crippen LogP contribution in [0.2, 0.25) is 0 Å². The average molecular weight is 462 g/mol. The molecule has 2 atom stereocenters. The number of carbonyl (C=O) groups is 1. The lowest BCUT2D eigenvalue weighted by molar-refractivity contribution is -0.120. The van der Waals surface area contributed by atoms with Crippen molar-refractivity contribution in [2.75, 3.05) is 31.9 Å². The van der Waals surface area contributed by atoms with E-state index in [-0.39, 0.29) is 42.4 Å². The van der Waals surface area contributed by atoms with Gasteiger partial charge in [0.05, 0.1) is 22.9 Å². The molecule has 0 aliphatic carbocycles. The molecule has 170 valence electrons. The van der Waals surface area contributed by atoms with E-state index >= 15 is 0 Å². The van der Waals surface area contributed by atoms with Crippen molar-refractivity contribution >= 4 is 26.0 Å². The van der Waals surface area contributed by atoms with Crippen molar-refractivity contribution in [1.82, 2.24) is 14.3 Å². The molecule has 1 fully saturated rings. The molecular formula is C19H31N3O6S2. The smallest absolute Gasteiger partial charge is 0.240 e. The SMILES string of the molecule is Cc1ccc(S(=O)(=O)NCCC(=O)NCCS(=O)(=O)N2CC(C)OC(C)C2)c(C)c1. The first-order chi connectivity index (χ1) is 13.9. The van der Waals surface area contributed by atoms with Gasteiger partial charge in [-0.3, -0.25) is 4.79 Å². The van der Waals surface area contributed by atoms with Crippen molar-refractivity contribution in [3.05, 3.63) is 29.3 Å². The van der Waals surface area contributed by atoms with Crippen LogP contribution in [0.3, 0.4) is 0 Å². The second kappa shape index (κ2) is 10.2. The average Bonchev–Trinajstić information content (AvgIpc) is 2.60. The molecule has 2 rings (SSSR count). The Morgan fingerprint density at radius 3 is 2.33 bits per heavy atom. The summed E-state index contributed by atoms with van der Waals surface area (Å²) in [5.74, 6) is -0.635. The molecule has 1 aromatic carbocycles. The number of rotatable bonds is 9. The molecule has 11 heteroatoms. The number of hydrogen-bond acceptors (Lipinski definition) is 6. The van der Waals surface area contributed by atoms with Gasteiger partial charge < -0.3 is 10.1 Å². The van der Waals surface area contributed by atoms with Gasteiger partial charge >= 0.3 is 0 Å². The van der Waals surface area contributed by atoms with Gasteiger partial charge in [-0.2, -0.15) is 4.31 Å². The number of aryl methyl sites for hydroxylation is 2. The standard InChI is InChI=1S/C19H31N3O6S2/c1-14-5-6-18(15(2)11-14)30(26,27)21-8-7-19(23)20-9-10-29(24,25)22-12-16(3)28-17(4)13-22/h5-6,11,16-17,21H,7-10,12-13H2,1-4H3,(H,20,23). The number of ether oxygens (including phenoxy) is 1. The Morgan fingerprint density at radius 2 is 1.73 bits per heavy atom. The summed E-state index contributed by atoms with van der Waals surface area (Å²) in [6, 6.07) is 5.02. The predicted octanol–water partition coefficient (Wildman–Crippen LogP) is 0.527. The van der Waals surface area contributed by atoms with Crippen molar-refractivity contribution in [3.63, 3.8) is 0 Å². The normalized spacial score (nSPS) is 20.8. The van der Waals surface area contributed by atoms with Crippen molar-refractivity contribution in [3.8, 4) is 0 Å². The third-order valence-electron chi connectivity index (χ3n) is 4.73. The summed E-state index contributed by atoms with van der Waals surface area (Å²) >= 11 is 0. The first-order valence-corrected chi connectivity index (χ1v) is 13.0. The Labute approximate surface area is 179 Å². The highest BCUT2D eigenvalue weighted by Gasteiger charge is 2.30. The van der Waals surface area contributed by atoms with Crippen LogP contribution in [0.1, 0.15) is 31.4 Å². The summed E-state index contributed by atoms with van der Waals surface area (Å²) < 4.78 is 59.0. The van der Waals surface area contributed by atoms with E-state index in [0.29, 0.717) is 18.7 Å². The van der Waals surface area contributed by atoms with Crippen LogP contribution in [0.4, 0.5) is 0 Å². The van der Waals surface area contributed by atoms with Crippen LogP contribution in [0.25, 0.3) is 0 Å². The van der Waals surface area contributed by atoms with Crippen molar-refractivity contribution in [2.24, 2.45) is 0 Å². The fourth-order valence-corrected chi connectivity index (χ4v) is 6.12. The third kappa shape index (κ3) is 7.02. The lowest BCUT2D eigenvalue weighted by atomic mass is 10.2. The number of sulfonamides is 2. The number of nitrogens with one attached hydrogen (secondary N) is 2. The molecule has 0 spiro atoms. The molecule has 1 saturated heterocycles. The molecule has 2 N–H and O–H groups in total. The summed E-state index contributed by atoms with van der Waals surface area (Å²) in [5, 5.41) is 2.53. The van der Waals surface area contributed by atoms with Crippen LogP contribution < -0.4 is 10.0 Å². The summed E-state index contributed by atoms with van der Waals surface area (Å²) in [7, 11) is -7.22. The highest BCUT2D eigenvalue weighted by molar-refractivity contribution is 7.89. The summed E-state index contributed by atoms with van der Waals surface area (Å²) in [4.78, 5) is 12.1. The lowest BCUT2D eigenvalue weighted by Gasteiger charge is -2.34. The zero-order valence-corrected chi connectivity index (χ0v) is 19.5. The molecule has 0 aromatic heterocycles. The Hall–Kier alpha value is -1.53. The van der Waals surface area contributed by atoms with Crippen LogP contribution in [0.15, 0.2) is 23.1 Å². The van der Waals surface area contributed by atoms with E-state index in [0.717, 1.165) is 5.56 Å². The maximum absolute atomic E-state index is 12.4. The molecule has 1 aromatic rings. The topological polar surface area (TPSA) is 122 Å². The minimum Gasteiger partial charge on any atom is -0.373 e. The molecule has 2 unspecified atom stereocenters. The van der Waals surface area contributed by atoms with Crippen molar-refractivity contribution < 1.29 is 26.4 Å². The van der Waals surface area contributed by atoms with Crippen LogP contribution in [0, 0.1) is 13.8 Å². The highest BCUT2D eigenvalue weighted by Crippen LogP contribution is 2.16. The van der Waals surface area contributed by atoms with E-state index in [9.17, 15) is 21.6 Å². The van der Waals surface area contributed by atoms with Gasteiger partial charge in [0.1, 0.15) is 0 Å². The van der Waals surface area contributed by atoms with Gasteiger partial charge in [-0.25, -0.2) is 21.6 Å². The molecular weight excluding hydrogens is 430 g/mol. The number of morpholine rings is 1. The van der Waals surface area contributed by atoms with Gasteiger partial charge in [-0.05, 0) is 39.3 Å². The Balaban J connectivity index is 1.77. The van der Waals surface area contributed by atoms with E-state index in [1.807, 2.05) is 20.8 Å². The highest BCUT2D eigenvalue weighted by atomic mass is 32.2. The van der Waals surface area contributed by atoms with Gasteiger partial charge in [0.2, 0.25) is 26.0 Å². The maximum Gasteiger partial charge on any atom is 0.240 e. The summed E-state index contributed by atoms with van der Waals surface area (Å²) in [5.41, 5.74) is 1.59. The molecule has 30 heavy (non-hydrogen) atoms. The van der Waals surface area contributed by atoms with Gasteiger partial charge in [0.15, 0.2) is 0 Å². The van der Waals surface area contributed by atoms with Gasteiger partial charge in [0.25, 0.3) is 0 Å². The summed E-state index contributed by atoms with van der Waals surface area (Å²) in [6.45, 7) is 7.70. The van der Waals surface area contributed by atoms with Gasteiger partial charge in [-0.1, -0.05) is 17.7 Å². The molecule has 1 aliphatic rings. The van der Waals surface area contributed by atoms with E-state index in [1.54, 1.807) is 19.1 Å². The largest absolute Gasteiger partial charge is 0.373 e. The van der Waals surface area contributed by atoms with Gasteiger partial charge in [-0.15, -0.1) is 0 Å². The molecule has 0 radical (unpaired) electrons. The molecule has 1 amide bonds. The quantitative estimate of drug-likeness (QED) is 0.553. The van der Waals surface area contributed by atoms with Crippen LogP contribution in [-0.2, 0) is 29.6 Å². The fraction of sp³-hybridized carbons (Fsp3) is 0.632. The third-order valence-corrected chi connectivity index (χ3v) is 8.15. The van der Waals surface area contributed by atoms with Crippen molar-refractivity contribution in [1.29, 1.82) is 0 Å². The second-order valence-corrected chi connectivity index (χ2v) is 11.5. The second-order valence-electron chi connectivity index (χ2n) is 7.66. The number of nitrogens with zero attached hydrogens (tertiary/aromatic N) is 1. The van der Waals surface area contributed by atoms with Crippen molar-refractivity contribution in [2.45, 2.75) is 51.2 Å². The molecule has 1 heterocycles. The number of hydrogen-bond donors (Lipinski definition) is 2. The van der Waals surface area contributed by atoms with E-state index in [4.69, 9.17) is 4.74 Å². The number of amides is 1. The van der Waals surface area contributed by atoms with E-state index in [2.05, 4.69) is 10.0 Å². The van der Waals surface area contributed by atoms with E-state index in [1.165, 1.54) is 10.4 Å². The van der Waals surface area contributed by atoms with Gasteiger partial charge in [0, 0.05) is 32.6 Å². The lowest BCUT2D eigenvalue weighted by Crippen LogP contribution is -2.49. The minimum absolute atomic E-state index is 0.0366. The molecule has 0 saturated carbocycles. The minimum atomic E-state index is -3.72. The Kier molecular flexibility index (Phi) is 8.40. The molecule has 9 nitrogen and oxygen atoms in total. The number of benzene rings is 1. The molecule has 0 bridgehead atoms. The zero-order valence-electron chi connectivity index (χ0n) is 17.8. The first-order valence-electron chi connectivity index (χ1n) is 9.87.